The van der Waals surface area contributed by atoms with Crippen molar-refractivity contribution in [2.75, 3.05) is 26.2 Å². The van der Waals surface area contributed by atoms with E-state index in [1.165, 1.54) is 19.5 Å². The van der Waals surface area contributed by atoms with Gasteiger partial charge in [0.05, 0.1) is 0 Å². The molecule has 2 heterocycles. The van der Waals surface area contributed by atoms with Crippen LogP contribution < -0.4 is 5.32 Å². The van der Waals surface area contributed by atoms with Gasteiger partial charge in [-0.05, 0) is 13.3 Å². The maximum Gasteiger partial charge on any atom is 0.105 e. The molecule has 1 N–H and O–H groups in total. The summed E-state index contributed by atoms with van der Waals surface area (Å²) < 4.78 is 2.23. The number of piperazine rings is 1. The first-order chi connectivity index (χ1) is 7.79. The molecule has 0 spiro atoms. The summed E-state index contributed by atoms with van der Waals surface area (Å²) in [7, 11) is 0. The van der Waals surface area contributed by atoms with Crippen LogP contribution in [0.3, 0.4) is 0 Å². The quantitative estimate of drug-likeness (QED) is 0.821. The summed E-state index contributed by atoms with van der Waals surface area (Å²) in [6.45, 7) is 9.99. The van der Waals surface area contributed by atoms with Gasteiger partial charge in [0, 0.05) is 51.2 Å². The zero-order valence-corrected chi connectivity index (χ0v) is 10.3. The van der Waals surface area contributed by atoms with Gasteiger partial charge in [0.2, 0.25) is 0 Å². The fraction of sp³-hybridized carbons (Fsp3) is 0.750. The van der Waals surface area contributed by atoms with Crippen molar-refractivity contribution in [1.29, 1.82) is 0 Å². The number of nitrogens with one attached hydrogen (secondary N) is 1. The van der Waals surface area contributed by atoms with Crippen molar-refractivity contribution in [3.8, 4) is 0 Å². The number of nitrogens with zero attached hydrogens (tertiary/aromatic N) is 3. The second-order valence-corrected chi connectivity index (χ2v) is 4.53. The van der Waals surface area contributed by atoms with Crippen molar-refractivity contribution in [1.82, 2.24) is 19.8 Å². The topological polar surface area (TPSA) is 33.1 Å². The molecule has 1 aliphatic heterocycles. The van der Waals surface area contributed by atoms with Crippen molar-refractivity contribution in [3.05, 3.63) is 18.2 Å². The lowest BCUT2D eigenvalue weighted by molar-refractivity contribution is 0.190. The zero-order chi connectivity index (χ0) is 11.4. The number of rotatable bonds is 4. The van der Waals surface area contributed by atoms with Gasteiger partial charge in [-0.2, -0.15) is 0 Å². The minimum atomic E-state index is 0.678. The van der Waals surface area contributed by atoms with Crippen LogP contribution in [0.15, 0.2) is 12.4 Å². The first kappa shape index (κ1) is 11.6. The van der Waals surface area contributed by atoms with E-state index in [1.807, 2.05) is 6.20 Å². The van der Waals surface area contributed by atoms with Crippen LogP contribution >= 0.6 is 0 Å². The van der Waals surface area contributed by atoms with E-state index in [9.17, 15) is 0 Å². The lowest BCUT2D eigenvalue weighted by Crippen LogP contribution is -2.50. The predicted molar refractivity (Wildman–Crippen MR) is 65.5 cm³/mol. The molecule has 1 fully saturated rings. The van der Waals surface area contributed by atoms with Crippen molar-refractivity contribution >= 4 is 0 Å². The summed E-state index contributed by atoms with van der Waals surface area (Å²) in [6.07, 6.45) is 5.16. The molecule has 2 rings (SSSR count). The molecule has 0 saturated carbocycles. The zero-order valence-electron chi connectivity index (χ0n) is 10.3. The summed E-state index contributed by atoms with van der Waals surface area (Å²) in [5, 5.41) is 3.54. The van der Waals surface area contributed by atoms with E-state index in [2.05, 4.69) is 39.8 Å². The molecule has 0 aromatic carbocycles. The molecular weight excluding hydrogens is 200 g/mol. The van der Waals surface area contributed by atoms with E-state index < -0.39 is 0 Å². The molecule has 16 heavy (non-hydrogen) atoms. The molecule has 0 bridgehead atoms. The molecule has 0 radical (unpaired) electrons. The lowest BCUT2D eigenvalue weighted by atomic mass is 10.1. The van der Waals surface area contributed by atoms with Gasteiger partial charge < -0.3 is 9.88 Å². The van der Waals surface area contributed by atoms with Crippen LogP contribution in [0.4, 0.5) is 0 Å². The third-order valence-electron chi connectivity index (χ3n) is 3.41. The monoisotopic (exact) mass is 222 g/mol. The Labute approximate surface area is 97.7 Å². The third-order valence-corrected chi connectivity index (χ3v) is 3.41. The second kappa shape index (κ2) is 5.46. The Kier molecular flexibility index (Phi) is 3.96. The molecule has 0 amide bonds. The fourth-order valence-electron chi connectivity index (χ4n) is 2.26. The summed E-state index contributed by atoms with van der Waals surface area (Å²) in [4.78, 5) is 6.79. The molecule has 1 saturated heterocycles. The minimum absolute atomic E-state index is 0.678. The van der Waals surface area contributed by atoms with Crippen molar-refractivity contribution < 1.29 is 0 Å². The fourth-order valence-corrected chi connectivity index (χ4v) is 2.26. The number of hydrogen-bond acceptors (Lipinski definition) is 3. The van der Waals surface area contributed by atoms with Gasteiger partial charge >= 0.3 is 0 Å². The van der Waals surface area contributed by atoms with Gasteiger partial charge in [-0.3, -0.25) is 4.90 Å². The summed E-state index contributed by atoms with van der Waals surface area (Å²) in [6, 6.07) is 0.678. The number of imidazole rings is 1. The van der Waals surface area contributed by atoms with Crippen LogP contribution in [0.1, 0.15) is 19.2 Å². The maximum atomic E-state index is 4.24. The molecule has 1 aromatic rings. The molecule has 1 aromatic heterocycles. The molecule has 0 aliphatic carbocycles. The highest BCUT2D eigenvalue weighted by Crippen LogP contribution is 2.03. The average molecular weight is 222 g/mol. The Morgan fingerprint density at radius 3 is 3.06 bits per heavy atom. The van der Waals surface area contributed by atoms with E-state index in [-0.39, 0.29) is 0 Å². The van der Waals surface area contributed by atoms with Crippen molar-refractivity contribution in [2.45, 2.75) is 32.9 Å². The van der Waals surface area contributed by atoms with Crippen LogP contribution in [-0.2, 0) is 6.54 Å². The second-order valence-electron chi connectivity index (χ2n) is 4.53. The van der Waals surface area contributed by atoms with E-state index >= 15 is 0 Å². The lowest BCUT2D eigenvalue weighted by Gasteiger charge is -2.33. The Bertz CT molecular complexity index is 321. The van der Waals surface area contributed by atoms with Gasteiger partial charge in [-0.15, -0.1) is 0 Å². The van der Waals surface area contributed by atoms with Crippen LogP contribution in [0.25, 0.3) is 0 Å². The number of aryl methyl sites for hydroxylation is 1. The first-order valence-corrected chi connectivity index (χ1v) is 6.23. The molecule has 1 unspecified atom stereocenters. The molecule has 1 aliphatic rings. The highest BCUT2D eigenvalue weighted by Gasteiger charge is 2.17. The first-order valence-electron chi connectivity index (χ1n) is 6.23. The molecule has 1 atom stereocenters. The Balaban J connectivity index is 1.79. The van der Waals surface area contributed by atoms with Crippen LogP contribution in [0.5, 0.6) is 0 Å². The van der Waals surface area contributed by atoms with Crippen molar-refractivity contribution in [3.63, 3.8) is 0 Å². The van der Waals surface area contributed by atoms with Gasteiger partial charge in [0.1, 0.15) is 5.82 Å². The van der Waals surface area contributed by atoms with Gasteiger partial charge in [0.15, 0.2) is 0 Å². The van der Waals surface area contributed by atoms with Gasteiger partial charge in [0.25, 0.3) is 0 Å². The molecular formula is C12H22N4. The maximum absolute atomic E-state index is 4.24. The average Bonchev–Trinajstić information content (AvgIpc) is 2.72. The molecule has 4 heteroatoms. The normalized spacial score (nSPS) is 22.5. The van der Waals surface area contributed by atoms with Crippen LogP contribution in [0.2, 0.25) is 0 Å². The summed E-state index contributed by atoms with van der Waals surface area (Å²) >= 11 is 0. The van der Waals surface area contributed by atoms with Crippen LogP contribution in [-0.4, -0.2) is 46.7 Å². The van der Waals surface area contributed by atoms with Gasteiger partial charge in [-0.1, -0.05) is 6.92 Å². The highest BCUT2D eigenvalue weighted by atomic mass is 15.2. The Morgan fingerprint density at radius 2 is 2.38 bits per heavy atom. The van der Waals surface area contributed by atoms with Gasteiger partial charge in [-0.25, -0.2) is 4.98 Å². The number of aromatic nitrogens is 2. The predicted octanol–water partition coefficient (Wildman–Crippen LogP) is 0.875. The molecule has 90 valence electrons. The Hall–Kier alpha value is -0.870. The standard InChI is InChI=1S/C12H22N4/c1-3-12-10-15(6-4-14-12)8-9-16-7-5-13-11(16)2/h5,7,12,14H,3-4,6,8-10H2,1-2H3. The SMILES string of the molecule is CCC1CN(CCn2ccnc2C)CCN1. The van der Waals surface area contributed by atoms with E-state index in [0.29, 0.717) is 6.04 Å². The highest BCUT2D eigenvalue weighted by molar-refractivity contribution is 4.88. The largest absolute Gasteiger partial charge is 0.334 e. The van der Waals surface area contributed by atoms with Crippen molar-refractivity contribution in [2.24, 2.45) is 0 Å². The van der Waals surface area contributed by atoms with Crippen LogP contribution in [0, 0.1) is 6.92 Å². The minimum Gasteiger partial charge on any atom is -0.334 e. The molecule has 4 nitrogen and oxygen atoms in total. The summed E-state index contributed by atoms with van der Waals surface area (Å²) in [5.41, 5.74) is 0. The van der Waals surface area contributed by atoms with E-state index in [4.69, 9.17) is 0 Å². The van der Waals surface area contributed by atoms with E-state index in [0.717, 1.165) is 25.5 Å². The summed E-state index contributed by atoms with van der Waals surface area (Å²) in [5.74, 6) is 1.11. The smallest absolute Gasteiger partial charge is 0.105 e. The number of hydrogen-bond donors (Lipinski definition) is 1. The van der Waals surface area contributed by atoms with E-state index in [1.54, 1.807) is 0 Å². The Morgan fingerprint density at radius 1 is 1.50 bits per heavy atom. The third kappa shape index (κ3) is 2.83.